The maximum absolute atomic E-state index is 12.7. The predicted molar refractivity (Wildman–Crippen MR) is 120 cm³/mol. The van der Waals surface area contributed by atoms with E-state index in [0.29, 0.717) is 5.56 Å². The molecule has 1 aliphatic heterocycles. The fraction of sp³-hybridized carbons (Fsp3) is 0.440. The third-order valence-corrected chi connectivity index (χ3v) is 6.03. The molecule has 0 aliphatic carbocycles. The Hall–Kier alpha value is -2.82. The summed E-state index contributed by atoms with van der Waals surface area (Å²) in [5, 5.41) is 0. The average Bonchev–Trinajstić information content (AvgIpc) is 2.79. The molecule has 0 aromatic heterocycles. The van der Waals surface area contributed by atoms with Crippen LogP contribution in [0.2, 0.25) is 0 Å². The van der Waals surface area contributed by atoms with Gasteiger partial charge in [0.1, 0.15) is 0 Å². The lowest BCUT2D eigenvalue weighted by molar-refractivity contribution is -0.120. The van der Waals surface area contributed by atoms with Crippen molar-refractivity contribution in [3.63, 3.8) is 0 Å². The number of carbonyl (C=O) groups excluding carboxylic acids is 2. The van der Waals surface area contributed by atoms with Crippen LogP contribution < -0.4 is 10.6 Å². The standard InChI is InChI=1S/C25H32N2O3/c1-3-9-21(20-10-5-6-11-22(20)27-16-7-4-8-17-27)23(24(26)28)18-12-14-19(15-13-18)25(29)30-2/h5-6,10-15,21,23H,3-4,7-9,16-17H2,1-2H3,(H2,26,28). The van der Waals surface area contributed by atoms with Crippen molar-refractivity contribution >= 4 is 17.6 Å². The number of esters is 1. The number of nitrogens with two attached hydrogens (primary N) is 1. The van der Waals surface area contributed by atoms with Crippen LogP contribution in [0.15, 0.2) is 48.5 Å². The van der Waals surface area contributed by atoms with E-state index in [0.717, 1.165) is 31.5 Å². The molecule has 5 nitrogen and oxygen atoms in total. The molecule has 3 rings (SSSR count). The molecule has 160 valence electrons. The van der Waals surface area contributed by atoms with Gasteiger partial charge in [-0.15, -0.1) is 0 Å². The first-order chi connectivity index (χ1) is 14.6. The van der Waals surface area contributed by atoms with Gasteiger partial charge in [-0.05, 0) is 55.0 Å². The fourth-order valence-electron chi connectivity index (χ4n) is 4.58. The number of nitrogens with zero attached hydrogens (tertiary/aromatic N) is 1. The molecule has 0 bridgehead atoms. The molecule has 1 heterocycles. The molecule has 2 atom stereocenters. The molecule has 0 spiro atoms. The Labute approximate surface area is 179 Å². The Balaban J connectivity index is 2.01. The number of ether oxygens (including phenoxy) is 1. The summed E-state index contributed by atoms with van der Waals surface area (Å²) in [7, 11) is 1.36. The summed E-state index contributed by atoms with van der Waals surface area (Å²) in [6, 6.07) is 15.5. The molecule has 2 aromatic rings. The normalized spacial score (nSPS) is 16.0. The number of carbonyl (C=O) groups is 2. The van der Waals surface area contributed by atoms with Crippen LogP contribution in [0.25, 0.3) is 0 Å². The first-order valence-corrected chi connectivity index (χ1v) is 10.9. The van der Waals surface area contributed by atoms with Gasteiger partial charge in [-0.1, -0.05) is 43.7 Å². The van der Waals surface area contributed by atoms with Gasteiger partial charge in [0.05, 0.1) is 18.6 Å². The Morgan fingerprint density at radius 3 is 2.30 bits per heavy atom. The maximum atomic E-state index is 12.7. The summed E-state index contributed by atoms with van der Waals surface area (Å²) >= 11 is 0. The summed E-state index contributed by atoms with van der Waals surface area (Å²) in [5.74, 6) is -1.21. The minimum Gasteiger partial charge on any atom is -0.465 e. The molecule has 2 unspecified atom stereocenters. The summed E-state index contributed by atoms with van der Waals surface area (Å²) in [6.45, 7) is 4.23. The van der Waals surface area contributed by atoms with E-state index in [2.05, 4.69) is 30.0 Å². The van der Waals surface area contributed by atoms with Gasteiger partial charge in [-0.25, -0.2) is 4.79 Å². The molecular formula is C25H32N2O3. The van der Waals surface area contributed by atoms with Gasteiger partial charge >= 0.3 is 5.97 Å². The summed E-state index contributed by atoms with van der Waals surface area (Å²) in [4.78, 5) is 26.9. The van der Waals surface area contributed by atoms with Gasteiger partial charge in [0.25, 0.3) is 0 Å². The zero-order valence-electron chi connectivity index (χ0n) is 18.0. The second kappa shape index (κ2) is 10.3. The highest BCUT2D eigenvalue weighted by molar-refractivity contribution is 5.90. The lowest BCUT2D eigenvalue weighted by atomic mass is 9.77. The minimum atomic E-state index is -0.456. The van der Waals surface area contributed by atoms with E-state index in [1.807, 2.05) is 18.2 Å². The Morgan fingerprint density at radius 2 is 1.70 bits per heavy atom. The number of primary amides is 1. The van der Waals surface area contributed by atoms with Gasteiger partial charge in [0.15, 0.2) is 0 Å². The molecular weight excluding hydrogens is 376 g/mol. The smallest absolute Gasteiger partial charge is 0.337 e. The van der Waals surface area contributed by atoms with Gasteiger partial charge < -0.3 is 15.4 Å². The molecule has 1 aliphatic rings. The van der Waals surface area contributed by atoms with Crippen LogP contribution in [0.1, 0.15) is 72.3 Å². The first kappa shape index (κ1) is 21.9. The highest BCUT2D eigenvalue weighted by Gasteiger charge is 2.31. The van der Waals surface area contributed by atoms with E-state index in [1.54, 1.807) is 12.1 Å². The third kappa shape index (κ3) is 4.84. The van der Waals surface area contributed by atoms with Crippen LogP contribution in [0.5, 0.6) is 0 Å². The van der Waals surface area contributed by atoms with Crippen LogP contribution in [-0.2, 0) is 9.53 Å². The van der Waals surface area contributed by atoms with E-state index < -0.39 is 11.9 Å². The second-order valence-electron chi connectivity index (χ2n) is 8.00. The van der Waals surface area contributed by atoms with Crippen molar-refractivity contribution in [2.45, 2.75) is 50.9 Å². The first-order valence-electron chi connectivity index (χ1n) is 10.9. The molecule has 2 aromatic carbocycles. The third-order valence-electron chi connectivity index (χ3n) is 6.03. The van der Waals surface area contributed by atoms with Crippen molar-refractivity contribution in [3.05, 3.63) is 65.2 Å². The van der Waals surface area contributed by atoms with Crippen LogP contribution in [0.4, 0.5) is 5.69 Å². The molecule has 5 heteroatoms. The van der Waals surface area contributed by atoms with Crippen molar-refractivity contribution < 1.29 is 14.3 Å². The fourth-order valence-corrected chi connectivity index (χ4v) is 4.58. The van der Waals surface area contributed by atoms with Crippen LogP contribution in [-0.4, -0.2) is 32.1 Å². The number of hydrogen-bond donors (Lipinski definition) is 1. The van der Waals surface area contributed by atoms with Crippen molar-refractivity contribution in [2.24, 2.45) is 5.73 Å². The van der Waals surface area contributed by atoms with E-state index >= 15 is 0 Å². The number of methoxy groups -OCH3 is 1. The van der Waals surface area contributed by atoms with Gasteiger partial charge in [0, 0.05) is 24.7 Å². The van der Waals surface area contributed by atoms with Gasteiger partial charge in [0.2, 0.25) is 5.91 Å². The highest BCUT2D eigenvalue weighted by atomic mass is 16.5. The molecule has 30 heavy (non-hydrogen) atoms. The number of piperidine rings is 1. The summed E-state index contributed by atoms with van der Waals surface area (Å²) in [6.07, 6.45) is 5.47. The number of rotatable bonds is 8. The number of hydrogen-bond acceptors (Lipinski definition) is 4. The molecule has 0 saturated carbocycles. The van der Waals surface area contributed by atoms with Crippen molar-refractivity contribution in [2.75, 3.05) is 25.1 Å². The van der Waals surface area contributed by atoms with E-state index in [4.69, 9.17) is 10.5 Å². The number of anilines is 1. The monoisotopic (exact) mass is 408 g/mol. The Morgan fingerprint density at radius 1 is 1.03 bits per heavy atom. The number of amides is 1. The van der Waals surface area contributed by atoms with Crippen LogP contribution in [0.3, 0.4) is 0 Å². The summed E-state index contributed by atoms with van der Waals surface area (Å²) in [5.41, 5.74) is 9.64. The quantitative estimate of drug-likeness (QED) is 0.647. The van der Waals surface area contributed by atoms with E-state index in [1.165, 1.54) is 37.6 Å². The van der Waals surface area contributed by atoms with Crippen LogP contribution in [0, 0.1) is 0 Å². The van der Waals surface area contributed by atoms with Gasteiger partial charge in [-0.2, -0.15) is 0 Å². The van der Waals surface area contributed by atoms with Crippen molar-refractivity contribution in [1.29, 1.82) is 0 Å². The largest absolute Gasteiger partial charge is 0.465 e. The maximum Gasteiger partial charge on any atom is 0.337 e. The molecule has 0 radical (unpaired) electrons. The predicted octanol–water partition coefficient (Wildman–Crippen LogP) is 4.62. The Kier molecular flexibility index (Phi) is 7.50. The van der Waals surface area contributed by atoms with E-state index in [-0.39, 0.29) is 11.8 Å². The minimum absolute atomic E-state index is 0.0189. The zero-order valence-corrected chi connectivity index (χ0v) is 18.0. The zero-order chi connectivity index (χ0) is 21.5. The highest BCUT2D eigenvalue weighted by Crippen LogP contribution is 2.41. The molecule has 1 fully saturated rings. The lowest BCUT2D eigenvalue weighted by Crippen LogP contribution is -2.32. The average molecular weight is 409 g/mol. The van der Waals surface area contributed by atoms with Gasteiger partial charge in [-0.3, -0.25) is 4.79 Å². The molecule has 1 amide bonds. The number of para-hydroxylation sites is 1. The topological polar surface area (TPSA) is 72.6 Å². The number of benzene rings is 2. The molecule has 1 saturated heterocycles. The molecule has 2 N–H and O–H groups in total. The van der Waals surface area contributed by atoms with Crippen molar-refractivity contribution in [1.82, 2.24) is 0 Å². The van der Waals surface area contributed by atoms with E-state index in [9.17, 15) is 9.59 Å². The SMILES string of the molecule is CCCC(c1ccccc1N1CCCCC1)C(C(N)=O)c1ccc(C(=O)OC)cc1. The lowest BCUT2D eigenvalue weighted by Gasteiger charge is -2.34. The van der Waals surface area contributed by atoms with Crippen LogP contribution >= 0.6 is 0 Å². The summed E-state index contributed by atoms with van der Waals surface area (Å²) < 4.78 is 4.79. The second-order valence-corrected chi connectivity index (χ2v) is 8.00. The van der Waals surface area contributed by atoms with Crippen molar-refractivity contribution in [3.8, 4) is 0 Å². The Bertz CT molecular complexity index is 857.